The number of carbonyl (C=O) groups is 2. The molecule has 0 unspecified atom stereocenters. The van der Waals surface area contributed by atoms with Crippen molar-refractivity contribution in [2.45, 2.75) is 19.5 Å². The number of nitrogens with one attached hydrogen (secondary N) is 1. The van der Waals surface area contributed by atoms with Gasteiger partial charge in [-0.25, -0.2) is 8.42 Å². The molecule has 0 aliphatic carbocycles. The van der Waals surface area contributed by atoms with Crippen LogP contribution in [0.2, 0.25) is 0 Å². The minimum Gasteiger partial charge on any atom is -0.486 e. The van der Waals surface area contributed by atoms with Gasteiger partial charge in [0.05, 0.1) is 11.9 Å². The van der Waals surface area contributed by atoms with Crippen molar-refractivity contribution in [2.24, 2.45) is 0 Å². The lowest BCUT2D eigenvalue weighted by molar-refractivity contribution is -0.139. The van der Waals surface area contributed by atoms with Crippen LogP contribution in [0.4, 0.5) is 5.69 Å². The van der Waals surface area contributed by atoms with E-state index in [1.54, 1.807) is 19.1 Å². The van der Waals surface area contributed by atoms with Crippen molar-refractivity contribution < 1.29 is 27.5 Å². The topological polar surface area (TPSA) is 105 Å². The van der Waals surface area contributed by atoms with E-state index in [1.165, 1.54) is 18.0 Å². The molecule has 172 valence electrons. The molecule has 1 aliphatic rings. The Hall–Kier alpha value is -3.27. The number of sulfonamides is 1. The van der Waals surface area contributed by atoms with Gasteiger partial charge in [0.25, 0.3) is 0 Å². The Morgan fingerprint density at radius 3 is 2.34 bits per heavy atom. The number of benzene rings is 2. The summed E-state index contributed by atoms with van der Waals surface area (Å²) in [7, 11) is -2.32. The lowest BCUT2D eigenvalue weighted by Gasteiger charge is -2.31. The predicted molar refractivity (Wildman–Crippen MR) is 120 cm³/mol. The molecule has 0 saturated heterocycles. The number of carbonyl (C=O) groups excluding carboxylic acids is 2. The summed E-state index contributed by atoms with van der Waals surface area (Å²) in [6.45, 7) is 2.06. The van der Waals surface area contributed by atoms with E-state index < -0.39 is 28.5 Å². The van der Waals surface area contributed by atoms with Gasteiger partial charge < -0.3 is 19.7 Å². The minimum absolute atomic E-state index is 0.160. The lowest BCUT2D eigenvalue weighted by atomic mass is 10.1. The van der Waals surface area contributed by atoms with Crippen molar-refractivity contribution in [3.8, 4) is 11.5 Å². The number of amides is 2. The Kier molecular flexibility index (Phi) is 7.24. The molecule has 10 heteroatoms. The molecule has 3 rings (SSSR count). The fourth-order valence-electron chi connectivity index (χ4n) is 3.37. The Bertz CT molecular complexity index is 1070. The number of rotatable bonds is 8. The highest BCUT2D eigenvalue weighted by Crippen LogP contribution is 2.34. The summed E-state index contributed by atoms with van der Waals surface area (Å²) in [4.78, 5) is 27.0. The van der Waals surface area contributed by atoms with E-state index in [0.717, 1.165) is 16.1 Å². The zero-order valence-electron chi connectivity index (χ0n) is 18.3. The zero-order chi connectivity index (χ0) is 23.3. The highest BCUT2D eigenvalue weighted by Gasteiger charge is 2.30. The summed E-state index contributed by atoms with van der Waals surface area (Å²) < 4.78 is 37.2. The van der Waals surface area contributed by atoms with Crippen molar-refractivity contribution >= 4 is 27.5 Å². The molecule has 0 saturated carbocycles. The number of anilines is 1. The Morgan fingerprint density at radius 2 is 1.72 bits per heavy atom. The maximum Gasteiger partial charge on any atom is 0.244 e. The van der Waals surface area contributed by atoms with Gasteiger partial charge in [0, 0.05) is 19.7 Å². The van der Waals surface area contributed by atoms with Crippen molar-refractivity contribution in [3.05, 3.63) is 54.1 Å². The fourth-order valence-corrected chi connectivity index (χ4v) is 4.21. The number of hydrogen-bond donors (Lipinski definition) is 1. The Balaban J connectivity index is 1.90. The smallest absolute Gasteiger partial charge is 0.244 e. The molecule has 1 atom stereocenters. The third-order valence-corrected chi connectivity index (χ3v) is 6.24. The van der Waals surface area contributed by atoms with E-state index in [-0.39, 0.29) is 18.1 Å². The third kappa shape index (κ3) is 5.50. The Morgan fingerprint density at radius 1 is 1.06 bits per heavy atom. The molecule has 0 spiro atoms. The van der Waals surface area contributed by atoms with Crippen LogP contribution in [0.5, 0.6) is 11.5 Å². The van der Waals surface area contributed by atoms with Gasteiger partial charge in [-0.15, -0.1) is 0 Å². The maximum absolute atomic E-state index is 13.3. The van der Waals surface area contributed by atoms with Gasteiger partial charge in [-0.05, 0) is 24.6 Å². The van der Waals surface area contributed by atoms with Gasteiger partial charge in [-0.1, -0.05) is 30.3 Å². The summed E-state index contributed by atoms with van der Waals surface area (Å²) in [6.07, 6.45) is 1.03. The standard InChI is InChI=1S/C22H27N3O6S/c1-16(22(27)23-2)24(14-17-7-5-4-6-8-17)21(26)15-25(32(3,28)29)18-9-10-19-20(13-18)31-12-11-30-19/h4-10,13,16H,11-12,14-15H2,1-3H3,(H,23,27)/t16-/m1/s1. The van der Waals surface area contributed by atoms with Crippen molar-refractivity contribution in [3.63, 3.8) is 0 Å². The maximum atomic E-state index is 13.3. The second-order valence-electron chi connectivity index (χ2n) is 7.40. The molecule has 1 aliphatic heterocycles. The number of hydrogen-bond acceptors (Lipinski definition) is 6. The van der Waals surface area contributed by atoms with Gasteiger partial charge >= 0.3 is 0 Å². The van der Waals surface area contributed by atoms with Crippen molar-refractivity contribution in [2.75, 3.05) is 37.4 Å². The summed E-state index contributed by atoms with van der Waals surface area (Å²) >= 11 is 0. The monoisotopic (exact) mass is 461 g/mol. The first-order valence-corrected chi connectivity index (χ1v) is 12.0. The largest absolute Gasteiger partial charge is 0.486 e. The molecule has 1 N–H and O–H groups in total. The van der Waals surface area contributed by atoms with Gasteiger partial charge in [0.1, 0.15) is 25.8 Å². The fraction of sp³-hybridized carbons (Fsp3) is 0.364. The van der Waals surface area contributed by atoms with Crippen LogP contribution in [0.1, 0.15) is 12.5 Å². The van der Waals surface area contributed by atoms with E-state index in [4.69, 9.17) is 9.47 Å². The molecule has 0 bridgehead atoms. The first-order valence-electron chi connectivity index (χ1n) is 10.1. The van der Waals surface area contributed by atoms with Crippen LogP contribution in [0.15, 0.2) is 48.5 Å². The van der Waals surface area contributed by atoms with Crippen LogP contribution >= 0.6 is 0 Å². The molecular weight excluding hydrogens is 434 g/mol. The normalized spacial score (nSPS) is 13.7. The van der Waals surface area contributed by atoms with Gasteiger partial charge in [0.15, 0.2) is 11.5 Å². The lowest BCUT2D eigenvalue weighted by Crippen LogP contribution is -2.50. The molecule has 2 amide bonds. The first-order chi connectivity index (χ1) is 15.2. The summed E-state index contributed by atoms with van der Waals surface area (Å²) in [6, 6.07) is 13.1. The van der Waals surface area contributed by atoms with E-state index in [9.17, 15) is 18.0 Å². The number of fused-ring (bicyclic) bond motifs is 1. The molecule has 1 heterocycles. The summed E-state index contributed by atoms with van der Waals surface area (Å²) in [5.41, 5.74) is 1.10. The van der Waals surface area contributed by atoms with Crippen LogP contribution in [-0.4, -0.2) is 64.2 Å². The van der Waals surface area contributed by atoms with Gasteiger partial charge in [-0.3, -0.25) is 13.9 Å². The third-order valence-electron chi connectivity index (χ3n) is 5.10. The molecular formula is C22H27N3O6S. The van der Waals surface area contributed by atoms with Crippen molar-refractivity contribution in [1.82, 2.24) is 10.2 Å². The molecule has 2 aromatic rings. The quantitative estimate of drug-likeness (QED) is 0.637. The molecule has 32 heavy (non-hydrogen) atoms. The van der Waals surface area contributed by atoms with Gasteiger partial charge in [-0.2, -0.15) is 0 Å². The molecule has 0 aromatic heterocycles. The number of ether oxygens (including phenoxy) is 2. The number of likely N-dealkylation sites (N-methyl/N-ethyl adjacent to an activating group) is 1. The van der Waals surface area contributed by atoms with E-state index in [2.05, 4.69) is 5.32 Å². The predicted octanol–water partition coefficient (Wildman–Crippen LogP) is 1.39. The number of nitrogens with zero attached hydrogens (tertiary/aromatic N) is 2. The van der Waals surface area contributed by atoms with Crippen LogP contribution in [0.25, 0.3) is 0 Å². The minimum atomic E-state index is -3.81. The second-order valence-corrected chi connectivity index (χ2v) is 9.30. The average Bonchev–Trinajstić information content (AvgIpc) is 2.79. The van der Waals surface area contributed by atoms with Crippen LogP contribution in [0.3, 0.4) is 0 Å². The highest BCUT2D eigenvalue weighted by atomic mass is 32.2. The SMILES string of the molecule is CNC(=O)[C@@H](C)N(Cc1ccccc1)C(=O)CN(c1ccc2c(c1)OCCO2)S(C)(=O)=O. The average molecular weight is 462 g/mol. The Labute approximate surface area is 188 Å². The van der Waals surface area contributed by atoms with E-state index in [1.807, 2.05) is 30.3 Å². The van der Waals surface area contributed by atoms with Gasteiger partial charge in [0.2, 0.25) is 21.8 Å². The summed E-state index contributed by atoms with van der Waals surface area (Å²) in [5, 5.41) is 2.54. The highest BCUT2D eigenvalue weighted by molar-refractivity contribution is 7.92. The van der Waals surface area contributed by atoms with E-state index >= 15 is 0 Å². The van der Waals surface area contributed by atoms with Crippen molar-refractivity contribution in [1.29, 1.82) is 0 Å². The van der Waals surface area contributed by atoms with Crippen LogP contribution < -0.4 is 19.1 Å². The van der Waals surface area contributed by atoms with E-state index in [0.29, 0.717) is 24.7 Å². The molecule has 0 radical (unpaired) electrons. The second kappa shape index (κ2) is 9.90. The molecule has 0 fully saturated rings. The van der Waals surface area contributed by atoms with Crippen LogP contribution in [-0.2, 0) is 26.2 Å². The molecule has 9 nitrogen and oxygen atoms in total. The van der Waals surface area contributed by atoms with Crippen LogP contribution in [0, 0.1) is 0 Å². The molecule has 2 aromatic carbocycles. The first kappa shape index (κ1) is 23.4. The summed E-state index contributed by atoms with van der Waals surface area (Å²) in [5.74, 6) is 0.0678. The zero-order valence-corrected chi connectivity index (χ0v) is 19.1.